The molecule has 1 fully saturated rings. The molecule has 0 bridgehead atoms. The average molecular weight is 248 g/mol. The van der Waals surface area contributed by atoms with Gasteiger partial charge in [0, 0.05) is 12.3 Å². The maximum atomic E-state index is 2.40. The molecule has 0 aromatic rings. The van der Waals surface area contributed by atoms with E-state index in [-0.39, 0.29) is 12.4 Å². The molecule has 1 heterocycles. The molecule has 2 atom stereocenters. The summed E-state index contributed by atoms with van der Waals surface area (Å²) in [4.78, 5) is 1.87. The Kier molecular flexibility index (Phi) is 10.6. The molecule has 1 rings (SSSR count). The second kappa shape index (κ2) is 10.4. The number of rotatable bonds is 8. The molecule has 1 N–H and O–H groups in total. The third-order valence-corrected chi connectivity index (χ3v) is 3.76. The molecule has 0 aromatic heterocycles. The zero-order valence-corrected chi connectivity index (χ0v) is 12.0. The maximum Gasteiger partial charge on any atom is 0.0799 e. The van der Waals surface area contributed by atoms with E-state index in [1.54, 1.807) is 0 Å². The first kappa shape index (κ1) is 16.2. The summed E-state index contributed by atoms with van der Waals surface area (Å²) in [6.07, 6.45) is 11.6. The van der Waals surface area contributed by atoms with E-state index in [1.165, 1.54) is 71.0 Å². The first-order valence-corrected chi connectivity index (χ1v) is 7.16. The van der Waals surface area contributed by atoms with Gasteiger partial charge in [-0.2, -0.15) is 0 Å². The van der Waals surface area contributed by atoms with Crippen LogP contribution in [0.1, 0.15) is 65.2 Å². The zero-order valence-electron chi connectivity index (χ0n) is 11.2. The fraction of sp³-hybridized carbons (Fsp3) is 1.00. The van der Waals surface area contributed by atoms with Crippen molar-refractivity contribution >= 4 is 0 Å². The zero-order chi connectivity index (χ0) is 10.9. The Morgan fingerprint density at radius 1 is 1.00 bits per heavy atom. The number of halogens is 1. The summed E-state index contributed by atoms with van der Waals surface area (Å²) in [6, 6.07) is 0. The van der Waals surface area contributed by atoms with Gasteiger partial charge in [-0.3, -0.25) is 0 Å². The standard InChI is InChI=1S/C14H29N.ClH/c1-3-4-5-6-7-8-9-11-15-12-10-14(2)13-15;/h14H,3-13H2,1-2H3;1H. The lowest BCUT2D eigenvalue weighted by Gasteiger charge is -2.12. The van der Waals surface area contributed by atoms with Crippen LogP contribution in [0.25, 0.3) is 0 Å². The Balaban J connectivity index is 0.00000225. The van der Waals surface area contributed by atoms with E-state index in [4.69, 9.17) is 0 Å². The van der Waals surface area contributed by atoms with Crippen molar-refractivity contribution in [1.29, 1.82) is 0 Å². The second-order valence-corrected chi connectivity index (χ2v) is 5.47. The van der Waals surface area contributed by atoms with Crippen molar-refractivity contribution in [3.63, 3.8) is 0 Å². The van der Waals surface area contributed by atoms with E-state index < -0.39 is 0 Å². The van der Waals surface area contributed by atoms with Gasteiger partial charge in [0.25, 0.3) is 0 Å². The van der Waals surface area contributed by atoms with Gasteiger partial charge < -0.3 is 17.3 Å². The van der Waals surface area contributed by atoms with Crippen molar-refractivity contribution in [3.8, 4) is 0 Å². The van der Waals surface area contributed by atoms with Gasteiger partial charge in [-0.15, -0.1) is 0 Å². The highest BCUT2D eigenvalue weighted by Crippen LogP contribution is 2.06. The molecule has 0 aliphatic carbocycles. The normalized spacial score (nSPS) is 24.4. The monoisotopic (exact) mass is 247 g/mol. The molecule has 98 valence electrons. The summed E-state index contributed by atoms with van der Waals surface area (Å²) in [5, 5.41) is 0. The number of likely N-dealkylation sites (tertiary alicyclic amines) is 1. The minimum Gasteiger partial charge on any atom is -1.00 e. The van der Waals surface area contributed by atoms with E-state index >= 15 is 0 Å². The Bertz CT molecular complexity index is 150. The van der Waals surface area contributed by atoms with Crippen LogP contribution < -0.4 is 17.3 Å². The summed E-state index contributed by atoms with van der Waals surface area (Å²) in [5.74, 6) is 0.990. The molecule has 0 amide bonds. The molecule has 16 heavy (non-hydrogen) atoms. The number of nitrogens with one attached hydrogen (secondary N) is 1. The average Bonchev–Trinajstić information content (AvgIpc) is 2.63. The Morgan fingerprint density at radius 3 is 2.19 bits per heavy atom. The van der Waals surface area contributed by atoms with E-state index in [0.29, 0.717) is 0 Å². The van der Waals surface area contributed by atoms with Crippen molar-refractivity contribution in [2.24, 2.45) is 5.92 Å². The quantitative estimate of drug-likeness (QED) is 0.561. The molecule has 1 aliphatic heterocycles. The highest BCUT2D eigenvalue weighted by atomic mass is 35.5. The van der Waals surface area contributed by atoms with Crippen LogP contribution in [0.15, 0.2) is 0 Å². The van der Waals surface area contributed by atoms with E-state index in [0.717, 1.165) is 5.92 Å². The predicted octanol–water partition coefficient (Wildman–Crippen LogP) is -0.334. The van der Waals surface area contributed by atoms with Crippen LogP contribution in [0.2, 0.25) is 0 Å². The van der Waals surface area contributed by atoms with Gasteiger partial charge in [-0.1, -0.05) is 46.0 Å². The number of unbranched alkanes of at least 4 members (excludes halogenated alkanes) is 6. The summed E-state index contributed by atoms with van der Waals surface area (Å²) in [5.41, 5.74) is 0. The minimum atomic E-state index is 0. The summed E-state index contributed by atoms with van der Waals surface area (Å²) >= 11 is 0. The smallest absolute Gasteiger partial charge is 0.0799 e. The van der Waals surface area contributed by atoms with E-state index in [2.05, 4.69) is 13.8 Å². The summed E-state index contributed by atoms with van der Waals surface area (Å²) in [6.45, 7) is 9.01. The van der Waals surface area contributed by atoms with Crippen molar-refractivity contribution in [2.45, 2.75) is 65.2 Å². The molecule has 0 aromatic carbocycles. The van der Waals surface area contributed by atoms with Gasteiger partial charge in [0.2, 0.25) is 0 Å². The highest BCUT2D eigenvalue weighted by molar-refractivity contribution is 4.55. The molecule has 2 heteroatoms. The van der Waals surface area contributed by atoms with Gasteiger partial charge in [-0.05, 0) is 12.8 Å². The number of quaternary nitrogens is 1. The topological polar surface area (TPSA) is 4.44 Å². The molecule has 0 spiro atoms. The number of hydrogen-bond donors (Lipinski definition) is 1. The molecule has 1 aliphatic rings. The van der Waals surface area contributed by atoms with Crippen molar-refractivity contribution < 1.29 is 17.3 Å². The molecule has 1 saturated heterocycles. The van der Waals surface area contributed by atoms with Crippen LogP contribution in [0.5, 0.6) is 0 Å². The first-order chi connectivity index (χ1) is 7.33. The van der Waals surface area contributed by atoms with Gasteiger partial charge in [0.15, 0.2) is 0 Å². The van der Waals surface area contributed by atoms with Crippen LogP contribution in [0, 0.1) is 5.92 Å². The van der Waals surface area contributed by atoms with Crippen molar-refractivity contribution in [1.82, 2.24) is 0 Å². The van der Waals surface area contributed by atoms with Gasteiger partial charge in [-0.25, -0.2) is 0 Å². The summed E-state index contributed by atoms with van der Waals surface area (Å²) < 4.78 is 0. The van der Waals surface area contributed by atoms with Crippen LogP contribution in [0.4, 0.5) is 0 Å². The SMILES string of the molecule is CCCCCCCCC[NH+]1CCC(C)C1.[Cl-]. The third-order valence-electron chi connectivity index (χ3n) is 3.76. The molecule has 2 unspecified atom stereocenters. The highest BCUT2D eigenvalue weighted by Gasteiger charge is 2.21. The van der Waals surface area contributed by atoms with Crippen LogP contribution >= 0.6 is 0 Å². The maximum absolute atomic E-state index is 2.40. The Labute approximate surface area is 108 Å². The lowest BCUT2D eigenvalue weighted by atomic mass is 10.1. The molecule has 1 nitrogen and oxygen atoms in total. The van der Waals surface area contributed by atoms with Crippen LogP contribution in [0.3, 0.4) is 0 Å². The lowest BCUT2D eigenvalue weighted by Crippen LogP contribution is -3.10. The van der Waals surface area contributed by atoms with Crippen molar-refractivity contribution in [2.75, 3.05) is 19.6 Å². The minimum absolute atomic E-state index is 0. The van der Waals surface area contributed by atoms with Gasteiger partial charge >= 0.3 is 0 Å². The van der Waals surface area contributed by atoms with E-state index in [9.17, 15) is 0 Å². The Morgan fingerprint density at radius 2 is 1.62 bits per heavy atom. The fourth-order valence-electron chi connectivity index (χ4n) is 2.71. The molecule has 0 saturated carbocycles. The largest absolute Gasteiger partial charge is 1.00 e. The molecular formula is C14H30ClN. The number of hydrogen-bond acceptors (Lipinski definition) is 0. The fourth-order valence-corrected chi connectivity index (χ4v) is 2.71. The molecular weight excluding hydrogens is 218 g/mol. The van der Waals surface area contributed by atoms with E-state index in [1.807, 2.05) is 4.90 Å². The lowest BCUT2D eigenvalue weighted by molar-refractivity contribution is -0.889. The second-order valence-electron chi connectivity index (χ2n) is 5.47. The van der Waals surface area contributed by atoms with Gasteiger partial charge in [0.1, 0.15) is 0 Å². The third kappa shape index (κ3) is 7.51. The van der Waals surface area contributed by atoms with Crippen LogP contribution in [-0.4, -0.2) is 19.6 Å². The van der Waals surface area contributed by atoms with Gasteiger partial charge in [0.05, 0.1) is 19.6 Å². The Hall–Kier alpha value is 0.250. The first-order valence-electron chi connectivity index (χ1n) is 7.16. The van der Waals surface area contributed by atoms with Crippen LogP contribution in [-0.2, 0) is 0 Å². The summed E-state index contributed by atoms with van der Waals surface area (Å²) in [7, 11) is 0. The molecule has 0 radical (unpaired) electrons. The predicted molar refractivity (Wildman–Crippen MR) is 67.3 cm³/mol. The van der Waals surface area contributed by atoms with Crippen molar-refractivity contribution in [3.05, 3.63) is 0 Å².